The van der Waals surface area contributed by atoms with Gasteiger partial charge in [-0.05, 0) is 18.6 Å². The standard InChI is InChI=1S/C13H13BrN2O/c1-16-10(8-9-15-16)6-7-13(17)11-4-2-3-5-12(11)14/h2-5,8-9H,6-7H2,1H3. The highest BCUT2D eigenvalue weighted by Gasteiger charge is 2.10. The summed E-state index contributed by atoms with van der Waals surface area (Å²) in [5, 5.41) is 4.08. The molecule has 0 aliphatic carbocycles. The highest BCUT2D eigenvalue weighted by molar-refractivity contribution is 9.10. The molecule has 1 aromatic heterocycles. The predicted molar refractivity (Wildman–Crippen MR) is 70.0 cm³/mol. The van der Waals surface area contributed by atoms with Crippen LogP contribution in [0.5, 0.6) is 0 Å². The molecule has 17 heavy (non-hydrogen) atoms. The Morgan fingerprint density at radius 3 is 2.76 bits per heavy atom. The van der Waals surface area contributed by atoms with E-state index in [1.807, 2.05) is 37.4 Å². The molecule has 0 bridgehead atoms. The number of hydrogen-bond acceptors (Lipinski definition) is 2. The summed E-state index contributed by atoms with van der Waals surface area (Å²) >= 11 is 3.39. The number of aromatic nitrogens is 2. The zero-order valence-corrected chi connectivity index (χ0v) is 11.1. The molecule has 0 atom stereocenters. The topological polar surface area (TPSA) is 34.9 Å². The Hall–Kier alpha value is -1.42. The fourth-order valence-corrected chi connectivity index (χ4v) is 2.22. The van der Waals surface area contributed by atoms with Crippen molar-refractivity contribution >= 4 is 21.7 Å². The minimum absolute atomic E-state index is 0.152. The number of rotatable bonds is 4. The van der Waals surface area contributed by atoms with Crippen molar-refractivity contribution in [3.05, 3.63) is 52.3 Å². The van der Waals surface area contributed by atoms with Gasteiger partial charge in [-0.15, -0.1) is 0 Å². The zero-order chi connectivity index (χ0) is 12.3. The van der Waals surface area contributed by atoms with Crippen LogP contribution >= 0.6 is 15.9 Å². The molecular weight excluding hydrogens is 280 g/mol. The van der Waals surface area contributed by atoms with E-state index in [1.165, 1.54) is 0 Å². The average molecular weight is 293 g/mol. The van der Waals surface area contributed by atoms with Crippen LogP contribution in [0.25, 0.3) is 0 Å². The number of benzene rings is 1. The van der Waals surface area contributed by atoms with Gasteiger partial charge < -0.3 is 0 Å². The van der Waals surface area contributed by atoms with E-state index in [4.69, 9.17) is 0 Å². The second-order valence-electron chi connectivity index (χ2n) is 3.85. The third-order valence-corrected chi connectivity index (χ3v) is 3.40. The number of nitrogens with zero attached hydrogens (tertiary/aromatic N) is 2. The van der Waals surface area contributed by atoms with Gasteiger partial charge in [0.05, 0.1) is 0 Å². The molecule has 0 saturated heterocycles. The number of carbonyl (C=O) groups is 1. The monoisotopic (exact) mass is 292 g/mol. The largest absolute Gasteiger partial charge is 0.294 e. The van der Waals surface area contributed by atoms with Crippen molar-refractivity contribution in [3.8, 4) is 0 Å². The van der Waals surface area contributed by atoms with Crippen molar-refractivity contribution in [1.29, 1.82) is 0 Å². The molecule has 0 amide bonds. The smallest absolute Gasteiger partial charge is 0.164 e. The first-order chi connectivity index (χ1) is 8.18. The maximum absolute atomic E-state index is 12.0. The van der Waals surface area contributed by atoms with Crippen LogP contribution in [0.3, 0.4) is 0 Å². The molecule has 3 nitrogen and oxygen atoms in total. The average Bonchev–Trinajstić information content (AvgIpc) is 2.72. The van der Waals surface area contributed by atoms with Gasteiger partial charge in [0.1, 0.15) is 0 Å². The number of Topliss-reactive ketones (excluding diaryl/α,β-unsaturated/α-hetero) is 1. The molecule has 2 rings (SSSR count). The number of carbonyl (C=O) groups excluding carboxylic acids is 1. The van der Waals surface area contributed by atoms with E-state index in [0.717, 1.165) is 22.2 Å². The van der Waals surface area contributed by atoms with Gasteiger partial charge in [-0.3, -0.25) is 9.48 Å². The Labute approximate surface area is 109 Å². The fourth-order valence-electron chi connectivity index (χ4n) is 1.71. The summed E-state index contributed by atoms with van der Waals surface area (Å²) in [7, 11) is 1.89. The van der Waals surface area contributed by atoms with Crippen LogP contribution in [0.4, 0.5) is 0 Å². The second kappa shape index (κ2) is 5.27. The van der Waals surface area contributed by atoms with Gasteiger partial charge in [-0.2, -0.15) is 5.10 Å². The van der Waals surface area contributed by atoms with E-state index >= 15 is 0 Å². The molecule has 0 aliphatic heterocycles. The Morgan fingerprint density at radius 1 is 1.35 bits per heavy atom. The van der Waals surface area contributed by atoms with Crippen molar-refractivity contribution < 1.29 is 4.79 Å². The number of hydrogen-bond donors (Lipinski definition) is 0. The summed E-state index contributed by atoms with van der Waals surface area (Å²) in [5.41, 5.74) is 1.82. The summed E-state index contributed by atoms with van der Waals surface area (Å²) in [6, 6.07) is 9.45. The van der Waals surface area contributed by atoms with E-state index in [2.05, 4.69) is 21.0 Å². The lowest BCUT2D eigenvalue weighted by molar-refractivity contribution is 0.0981. The van der Waals surface area contributed by atoms with Gasteiger partial charge in [0, 0.05) is 35.4 Å². The third kappa shape index (κ3) is 2.82. The number of ketones is 1. The fraction of sp³-hybridized carbons (Fsp3) is 0.231. The molecule has 2 aromatic rings. The van der Waals surface area contributed by atoms with Gasteiger partial charge in [-0.25, -0.2) is 0 Å². The van der Waals surface area contributed by atoms with E-state index in [-0.39, 0.29) is 5.78 Å². The Morgan fingerprint density at radius 2 is 2.12 bits per heavy atom. The number of aryl methyl sites for hydroxylation is 2. The van der Waals surface area contributed by atoms with Crippen molar-refractivity contribution in [2.75, 3.05) is 0 Å². The number of halogens is 1. The Bertz CT molecular complexity index is 534. The van der Waals surface area contributed by atoms with Crippen LogP contribution in [0.15, 0.2) is 41.0 Å². The summed E-state index contributed by atoms with van der Waals surface area (Å²) < 4.78 is 2.66. The molecule has 0 fully saturated rings. The molecule has 0 spiro atoms. The molecule has 0 unspecified atom stereocenters. The van der Waals surface area contributed by atoms with Crippen LogP contribution in [0.1, 0.15) is 22.5 Å². The van der Waals surface area contributed by atoms with E-state index in [1.54, 1.807) is 10.9 Å². The van der Waals surface area contributed by atoms with Gasteiger partial charge in [0.2, 0.25) is 0 Å². The van der Waals surface area contributed by atoms with Crippen molar-refractivity contribution in [2.24, 2.45) is 7.05 Å². The van der Waals surface area contributed by atoms with Crippen LogP contribution in [-0.4, -0.2) is 15.6 Å². The van der Waals surface area contributed by atoms with Crippen molar-refractivity contribution in [2.45, 2.75) is 12.8 Å². The molecule has 88 valence electrons. The zero-order valence-electron chi connectivity index (χ0n) is 9.56. The minimum Gasteiger partial charge on any atom is -0.294 e. The molecular formula is C13H13BrN2O. The quantitative estimate of drug-likeness (QED) is 0.812. The van der Waals surface area contributed by atoms with E-state index in [9.17, 15) is 4.79 Å². The molecule has 0 saturated carbocycles. The minimum atomic E-state index is 0.152. The third-order valence-electron chi connectivity index (χ3n) is 2.70. The lowest BCUT2D eigenvalue weighted by atomic mass is 10.1. The van der Waals surface area contributed by atoms with Gasteiger partial charge in [-0.1, -0.05) is 34.1 Å². The first-order valence-corrected chi connectivity index (χ1v) is 6.22. The molecule has 1 heterocycles. The first-order valence-electron chi connectivity index (χ1n) is 5.43. The normalized spacial score (nSPS) is 10.5. The van der Waals surface area contributed by atoms with Gasteiger partial charge in [0.15, 0.2) is 5.78 Å². The highest BCUT2D eigenvalue weighted by atomic mass is 79.9. The lowest BCUT2D eigenvalue weighted by Gasteiger charge is -2.04. The van der Waals surface area contributed by atoms with E-state index < -0.39 is 0 Å². The van der Waals surface area contributed by atoms with Crippen LogP contribution in [0, 0.1) is 0 Å². The Balaban J connectivity index is 2.04. The first kappa shape index (κ1) is 12.0. The van der Waals surface area contributed by atoms with Gasteiger partial charge >= 0.3 is 0 Å². The summed E-state index contributed by atoms with van der Waals surface area (Å²) in [6.07, 6.45) is 2.97. The maximum Gasteiger partial charge on any atom is 0.164 e. The predicted octanol–water partition coefficient (Wildman–Crippen LogP) is 3.00. The maximum atomic E-state index is 12.0. The van der Waals surface area contributed by atoms with Gasteiger partial charge in [0.25, 0.3) is 0 Å². The molecule has 0 radical (unpaired) electrons. The SMILES string of the molecule is Cn1nccc1CCC(=O)c1ccccc1Br. The summed E-state index contributed by atoms with van der Waals surface area (Å²) in [5.74, 6) is 0.152. The molecule has 0 N–H and O–H groups in total. The summed E-state index contributed by atoms with van der Waals surface area (Å²) in [4.78, 5) is 12.0. The van der Waals surface area contributed by atoms with Crippen LogP contribution in [-0.2, 0) is 13.5 Å². The summed E-state index contributed by atoms with van der Waals surface area (Å²) in [6.45, 7) is 0. The van der Waals surface area contributed by atoms with Crippen molar-refractivity contribution in [1.82, 2.24) is 9.78 Å². The molecule has 4 heteroatoms. The molecule has 1 aromatic carbocycles. The second-order valence-corrected chi connectivity index (χ2v) is 4.70. The lowest BCUT2D eigenvalue weighted by Crippen LogP contribution is -2.05. The highest BCUT2D eigenvalue weighted by Crippen LogP contribution is 2.18. The van der Waals surface area contributed by atoms with E-state index in [0.29, 0.717) is 6.42 Å². The van der Waals surface area contributed by atoms with Crippen molar-refractivity contribution in [3.63, 3.8) is 0 Å². The van der Waals surface area contributed by atoms with Crippen LogP contribution < -0.4 is 0 Å². The van der Waals surface area contributed by atoms with Crippen LogP contribution in [0.2, 0.25) is 0 Å². The Kier molecular flexibility index (Phi) is 3.74. The molecule has 0 aliphatic rings.